The molecule has 1 N–H and O–H groups in total. The summed E-state index contributed by atoms with van der Waals surface area (Å²) in [6.07, 6.45) is 0. The fraction of sp³-hybridized carbons (Fsp3) is 0.200. The lowest BCUT2D eigenvalue weighted by Gasteiger charge is -2.09. The van der Waals surface area contributed by atoms with Crippen molar-refractivity contribution in [1.29, 1.82) is 0 Å². The van der Waals surface area contributed by atoms with Crippen molar-refractivity contribution in [2.45, 2.75) is 10.7 Å². The smallest absolute Gasteiger partial charge is 0.253 e. The Labute approximate surface area is 108 Å². The molecule has 0 spiro atoms. The minimum atomic E-state index is -1.96. The lowest BCUT2D eigenvalue weighted by Crippen LogP contribution is -2.18. The van der Waals surface area contributed by atoms with Crippen LogP contribution in [0.2, 0.25) is 0 Å². The van der Waals surface area contributed by atoms with Gasteiger partial charge in [0.25, 0.3) is 3.79 Å². The van der Waals surface area contributed by atoms with Gasteiger partial charge in [0.05, 0.1) is 0 Å². The number of ketones is 1. The number of carbonyl (C=O) groups is 2. The van der Waals surface area contributed by atoms with Crippen molar-refractivity contribution in [2.75, 3.05) is 5.32 Å². The largest absolute Gasteiger partial charge is 0.326 e. The zero-order valence-corrected chi connectivity index (χ0v) is 10.5. The summed E-state index contributed by atoms with van der Waals surface area (Å²) >= 11 is 16.4. The lowest BCUT2D eigenvalue weighted by atomic mass is 10.1. The number of nitrogens with one attached hydrogen (secondary N) is 1. The first-order valence-corrected chi connectivity index (χ1v) is 5.43. The van der Waals surface area contributed by atoms with Gasteiger partial charge in [0.1, 0.15) is 0 Å². The van der Waals surface area contributed by atoms with Gasteiger partial charge in [0, 0.05) is 18.2 Å². The molecule has 86 valence electrons. The Kier molecular flexibility index (Phi) is 4.19. The van der Waals surface area contributed by atoms with Crippen molar-refractivity contribution in [1.82, 2.24) is 0 Å². The van der Waals surface area contributed by atoms with Gasteiger partial charge in [-0.1, -0.05) is 34.8 Å². The lowest BCUT2D eigenvalue weighted by molar-refractivity contribution is -0.114. The summed E-state index contributed by atoms with van der Waals surface area (Å²) < 4.78 is -1.96. The molecule has 1 amide bonds. The second kappa shape index (κ2) is 5.04. The van der Waals surface area contributed by atoms with E-state index in [9.17, 15) is 9.59 Å². The van der Waals surface area contributed by atoms with Gasteiger partial charge in [0.15, 0.2) is 0 Å². The molecule has 0 saturated heterocycles. The highest BCUT2D eigenvalue weighted by Gasteiger charge is 2.31. The van der Waals surface area contributed by atoms with Gasteiger partial charge in [0.2, 0.25) is 11.7 Å². The molecule has 1 aromatic carbocycles. The number of hydrogen-bond acceptors (Lipinski definition) is 2. The highest BCUT2D eigenvalue weighted by molar-refractivity contribution is 6.77. The van der Waals surface area contributed by atoms with Crippen LogP contribution in [0.4, 0.5) is 5.69 Å². The third-order valence-corrected chi connectivity index (χ3v) is 2.24. The maximum atomic E-state index is 11.5. The predicted molar refractivity (Wildman–Crippen MR) is 65.4 cm³/mol. The Morgan fingerprint density at radius 2 is 1.62 bits per heavy atom. The maximum absolute atomic E-state index is 11.5. The molecular weight excluding hydrogens is 272 g/mol. The van der Waals surface area contributed by atoms with Crippen molar-refractivity contribution in [2.24, 2.45) is 0 Å². The van der Waals surface area contributed by atoms with Gasteiger partial charge >= 0.3 is 0 Å². The Balaban J connectivity index is 2.87. The molecule has 0 heterocycles. The van der Waals surface area contributed by atoms with Crippen LogP contribution in [0.25, 0.3) is 0 Å². The first kappa shape index (κ1) is 13.3. The van der Waals surface area contributed by atoms with E-state index >= 15 is 0 Å². The van der Waals surface area contributed by atoms with E-state index in [1.54, 1.807) is 12.1 Å². The first-order chi connectivity index (χ1) is 7.30. The second-order valence-corrected chi connectivity index (χ2v) is 5.37. The van der Waals surface area contributed by atoms with Gasteiger partial charge < -0.3 is 5.32 Å². The standard InChI is InChI=1S/C10H8Cl3NO2/c1-6(15)14-8-4-2-7(3-5-8)9(16)10(11,12)13/h2-5H,1H3,(H,14,15). The van der Waals surface area contributed by atoms with Crippen LogP contribution < -0.4 is 5.32 Å². The predicted octanol–water partition coefficient (Wildman–Crippen LogP) is 3.20. The maximum Gasteiger partial charge on any atom is 0.253 e. The van der Waals surface area contributed by atoms with E-state index in [0.717, 1.165) is 0 Å². The summed E-state index contributed by atoms with van der Waals surface area (Å²) in [5.41, 5.74) is 0.850. The molecule has 0 saturated carbocycles. The Bertz CT molecular complexity index is 409. The summed E-state index contributed by atoms with van der Waals surface area (Å²) in [6.45, 7) is 1.39. The monoisotopic (exact) mass is 279 g/mol. The molecule has 0 fully saturated rings. The fourth-order valence-corrected chi connectivity index (χ4v) is 1.40. The number of halogens is 3. The van der Waals surface area contributed by atoms with Crippen LogP contribution >= 0.6 is 34.8 Å². The van der Waals surface area contributed by atoms with E-state index in [1.165, 1.54) is 19.1 Å². The first-order valence-electron chi connectivity index (χ1n) is 4.30. The van der Waals surface area contributed by atoms with E-state index in [2.05, 4.69) is 5.32 Å². The average molecular weight is 281 g/mol. The highest BCUT2D eigenvalue weighted by Crippen LogP contribution is 2.30. The molecule has 0 aliphatic rings. The highest BCUT2D eigenvalue weighted by atomic mass is 35.6. The number of amides is 1. The molecule has 0 aliphatic carbocycles. The Morgan fingerprint density at radius 3 is 2.00 bits per heavy atom. The van der Waals surface area contributed by atoms with Crippen LogP contribution in [-0.4, -0.2) is 15.5 Å². The zero-order valence-electron chi connectivity index (χ0n) is 8.26. The minimum Gasteiger partial charge on any atom is -0.326 e. The SMILES string of the molecule is CC(=O)Nc1ccc(C(=O)C(Cl)(Cl)Cl)cc1. The topological polar surface area (TPSA) is 46.2 Å². The fourth-order valence-electron chi connectivity index (χ4n) is 1.07. The molecule has 6 heteroatoms. The molecule has 0 aliphatic heterocycles. The normalized spacial score (nSPS) is 11.0. The summed E-state index contributed by atoms with van der Waals surface area (Å²) in [4.78, 5) is 22.3. The Morgan fingerprint density at radius 1 is 1.12 bits per heavy atom. The van der Waals surface area contributed by atoms with Gasteiger partial charge in [-0.05, 0) is 24.3 Å². The van der Waals surface area contributed by atoms with Crippen LogP contribution in [0.15, 0.2) is 24.3 Å². The van der Waals surface area contributed by atoms with Crippen molar-refractivity contribution in [3.8, 4) is 0 Å². The summed E-state index contributed by atoms with van der Waals surface area (Å²) in [5.74, 6) is -0.799. The number of carbonyl (C=O) groups excluding carboxylic acids is 2. The molecule has 0 atom stereocenters. The van der Waals surface area contributed by atoms with Crippen LogP contribution in [0.1, 0.15) is 17.3 Å². The van der Waals surface area contributed by atoms with Gasteiger partial charge in [-0.15, -0.1) is 0 Å². The second-order valence-electron chi connectivity index (χ2n) is 3.09. The van der Waals surface area contributed by atoms with Gasteiger partial charge in [-0.25, -0.2) is 0 Å². The van der Waals surface area contributed by atoms with Crippen LogP contribution in [-0.2, 0) is 4.79 Å². The molecule has 0 unspecified atom stereocenters. The van der Waals surface area contributed by atoms with Crippen LogP contribution in [0.3, 0.4) is 0 Å². The molecule has 3 nitrogen and oxygen atoms in total. The van der Waals surface area contributed by atoms with Crippen molar-refractivity contribution >= 4 is 52.2 Å². The van der Waals surface area contributed by atoms with Crippen molar-refractivity contribution in [3.63, 3.8) is 0 Å². The van der Waals surface area contributed by atoms with Crippen LogP contribution in [0.5, 0.6) is 0 Å². The molecule has 0 radical (unpaired) electrons. The van der Waals surface area contributed by atoms with E-state index in [0.29, 0.717) is 5.69 Å². The molecule has 16 heavy (non-hydrogen) atoms. The third-order valence-electron chi connectivity index (χ3n) is 1.72. The summed E-state index contributed by atoms with van der Waals surface area (Å²) in [7, 11) is 0. The number of alkyl halides is 3. The molecule has 0 bridgehead atoms. The number of anilines is 1. The summed E-state index contributed by atoms with van der Waals surface area (Å²) in [5, 5.41) is 2.56. The Hall–Kier alpha value is -0.770. The summed E-state index contributed by atoms with van der Waals surface area (Å²) in [6, 6.07) is 6.08. The minimum absolute atomic E-state index is 0.194. The van der Waals surface area contributed by atoms with Crippen molar-refractivity contribution in [3.05, 3.63) is 29.8 Å². The number of hydrogen-bond donors (Lipinski definition) is 1. The molecule has 1 aromatic rings. The zero-order chi connectivity index (χ0) is 12.3. The number of benzene rings is 1. The number of rotatable bonds is 2. The molecule has 1 rings (SSSR count). The molecular formula is C10H8Cl3NO2. The van der Waals surface area contributed by atoms with E-state index < -0.39 is 9.58 Å². The quantitative estimate of drug-likeness (QED) is 0.668. The van der Waals surface area contributed by atoms with E-state index in [-0.39, 0.29) is 11.5 Å². The third kappa shape index (κ3) is 3.67. The number of Topliss-reactive ketones (excluding diaryl/α,β-unsaturated/α-hetero) is 1. The van der Waals surface area contributed by atoms with E-state index in [1.807, 2.05) is 0 Å². The van der Waals surface area contributed by atoms with Crippen molar-refractivity contribution < 1.29 is 9.59 Å². The van der Waals surface area contributed by atoms with Crippen LogP contribution in [0, 0.1) is 0 Å². The molecule has 0 aromatic heterocycles. The van der Waals surface area contributed by atoms with Gasteiger partial charge in [-0.2, -0.15) is 0 Å². The van der Waals surface area contributed by atoms with E-state index in [4.69, 9.17) is 34.8 Å². The average Bonchev–Trinajstić information content (AvgIpc) is 2.15. The van der Waals surface area contributed by atoms with Gasteiger partial charge in [-0.3, -0.25) is 9.59 Å².